The fourth-order valence-corrected chi connectivity index (χ4v) is 2.84. The van der Waals surface area contributed by atoms with Gasteiger partial charge in [0.2, 0.25) is 0 Å². The Kier molecular flexibility index (Phi) is 3.46. The van der Waals surface area contributed by atoms with Crippen LogP contribution < -0.4 is 5.32 Å². The molecule has 2 rings (SSSR count). The first-order valence-corrected chi connectivity index (χ1v) is 6.15. The maximum absolute atomic E-state index is 8.70. The van der Waals surface area contributed by atoms with Gasteiger partial charge in [-0.3, -0.25) is 0 Å². The van der Waals surface area contributed by atoms with Gasteiger partial charge < -0.3 is 5.32 Å². The van der Waals surface area contributed by atoms with E-state index < -0.39 is 0 Å². The molecule has 0 spiro atoms. The summed E-state index contributed by atoms with van der Waals surface area (Å²) in [5, 5.41) is 12.8. The highest BCUT2D eigenvalue weighted by atomic mass is 32.2. The van der Waals surface area contributed by atoms with Gasteiger partial charge in [-0.05, 0) is 30.7 Å². The molecule has 0 amide bonds. The second-order valence-electron chi connectivity index (χ2n) is 3.56. The molecular weight excluding hydrogens is 206 g/mol. The van der Waals surface area contributed by atoms with Crippen molar-refractivity contribution in [2.24, 2.45) is 0 Å². The van der Waals surface area contributed by atoms with Gasteiger partial charge in [0.15, 0.2) is 0 Å². The monoisotopic (exact) mass is 219 g/mol. The smallest absolute Gasteiger partial charge is 0.142 e. The Balaban J connectivity index is 1.90. The number of thioether (sulfide) groups is 1. The van der Waals surface area contributed by atoms with E-state index in [-0.39, 0.29) is 0 Å². The molecule has 1 unspecified atom stereocenters. The molecule has 1 N–H and O–H groups in total. The zero-order valence-electron chi connectivity index (χ0n) is 8.44. The van der Waals surface area contributed by atoms with E-state index in [1.54, 1.807) is 12.3 Å². The summed E-state index contributed by atoms with van der Waals surface area (Å²) < 4.78 is 0. The van der Waals surface area contributed by atoms with Gasteiger partial charge in [0, 0.05) is 23.7 Å². The summed E-state index contributed by atoms with van der Waals surface area (Å²) in [6.07, 6.45) is 4.30. The second-order valence-corrected chi connectivity index (χ2v) is 4.97. The molecular formula is C11H13N3S. The minimum absolute atomic E-state index is 0.471. The van der Waals surface area contributed by atoms with Gasteiger partial charge in [0.1, 0.15) is 11.8 Å². The van der Waals surface area contributed by atoms with Crippen LogP contribution in [-0.4, -0.2) is 22.5 Å². The first-order chi connectivity index (χ1) is 7.38. The topological polar surface area (TPSA) is 48.7 Å². The van der Waals surface area contributed by atoms with Crippen molar-refractivity contribution in [2.75, 3.05) is 17.6 Å². The zero-order valence-corrected chi connectivity index (χ0v) is 9.26. The Morgan fingerprint density at radius 1 is 1.67 bits per heavy atom. The quantitative estimate of drug-likeness (QED) is 0.847. The lowest BCUT2D eigenvalue weighted by molar-refractivity contribution is 0.805. The zero-order chi connectivity index (χ0) is 10.5. The minimum Gasteiger partial charge on any atom is -0.384 e. The summed E-state index contributed by atoms with van der Waals surface area (Å²) in [6, 6.07) is 5.73. The van der Waals surface area contributed by atoms with Crippen molar-refractivity contribution in [3.8, 4) is 6.07 Å². The van der Waals surface area contributed by atoms with Crippen molar-refractivity contribution in [1.82, 2.24) is 4.98 Å². The van der Waals surface area contributed by atoms with Gasteiger partial charge in [-0.1, -0.05) is 0 Å². The van der Waals surface area contributed by atoms with Crippen LogP contribution in [0.2, 0.25) is 0 Å². The first kappa shape index (κ1) is 10.3. The number of anilines is 1. The standard InChI is InChI=1S/C11H13N3S/c12-7-10-6-9(3-4-13-10)14-8-11-2-1-5-15-11/h3-4,6,11H,1-2,5,8H2,(H,13,14). The van der Waals surface area contributed by atoms with Crippen molar-refractivity contribution >= 4 is 17.4 Å². The van der Waals surface area contributed by atoms with E-state index in [0.717, 1.165) is 17.5 Å². The molecule has 78 valence electrons. The van der Waals surface area contributed by atoms with E-state index >= 15 is 0 Å². The molecule has 1 aliphatic rings. The van der Waals surface area contributed by atoms with Crippen LogP contribution in [0.15, 0.2) is 18.3 Å². The molecule has 4 heteroatoms. The van der Waals surface area contributed by atoms with Crippen molar-refractivity contribution < 1.29 is 0 Å². The van der Waals surface area contributed by atoms with Crippen LogP contribution in [-0.2, 0) is 0 Å². The van der Waals surface area contributed by atoms with Gasteiger partial charge in [-0.25, -0.2) is 4.98 Å². The van der Waals surface area contributed by atoms with Crippen LogP contribution in [0.4, 0.5) is 5.69 Å². The predicted octanol–water partition coefficient (Wildman–Crippen LogP) is 2.26. The van der Waals surface area contributed by atoms with E-state index in [0.29, 0.717) is 5.69 Å². The van der Waals surface area contributed by atoms with Gasteiger partial charge in [0.05, 0.1) is 0 Å². The summed E-state index contributed by atoms with van der Waals surface area (Å²) in [4.78, 5) is 3.93. The molecule has 0 radical (unpaired) electrons. The average molecular weight is 219 g/mol. The van der Waals surface area contributed by atoms with Crippen LogP contribution in [0.3, 0.4) is 0 Å². The van der Waals surface area contributed by atoms with Crippen molar-refractivity contribution in [1.29, 1.82) is 5.26 Å². The Morgan fingerprint density at radius 3 is 3.33 bits per heavy atom. The van der Waals surface area contributed by atoms with Crippen molar-refractivity contribution in [2.45, 2.75) is 18.1 Å². The largest absolute Gasteiger partial charge is 0.384 e. The number of rotatable bonds is 3. The van der Waals surface area contributed by atoms with E-state index in [4.69, 9.17) is 5.26 Å². The number of nitrogens with one attached hydrogen (secondary N) is 1. The van der Waals surface area contributed by atoms with Crippen LogP contribution >= 0.6 is 11.8 Å². The highest BCUT2D eigenvalue weighted by Crippen LogP contribution is 2.26. The Bertz CT molecular complexity index is 366. The number of nitriles is 1. The lowest BCUT2D eigenvalue weighted by atomic mass is 10.2. The van der Waals surface area contributed by atoms with E-state index in [1.165, 1.54) is 18.6 Å². The summed E-state index contributed by atoms with van der Waals surface area (Å²) in [5.41, 5.74) is 1.47. The number of aromatic nitrogens is 1. The molecule has 1 aliphatic heterocycles. The number of hydrogen-bond acceptors (Lipinski definition) is 4. The highest BCUT2D eigenvalue weighted by molar-refractivity contribution is 8.00. The molecule has 3 nitrogen and oxygen atoms in total. The third kappa shape index (κ3) is 2.87. The third-order valence-corrected chi connectivity index (χ3v) is 3.83. The molecule has 1 fully saturated rings. The van der Waals surface area contributed by atoms with Crippen LogP contribution in [0.5, 0.6) is 0 Å². The molecule has 2 heterocycles. The predicted molar refractivity (Wildman–Crippen MR) is 62.9 cm³/mol. The minimum atomic E-state index is 0.471. The number of hydrogen-bond donors (Lipinski definition) is 1. The number of nitrogens with zero attached hydrogens (tertiary/aromatic N) is 2. The fourth-order valence-electron chi connectivity index (χ4n) is 1.64. The molecule has 0 aromatic carbocycles. The number of pyridine rings is 1. The summed E-state index contributed by atoms with van der Waals surface area (Å²) in [7, 11) is 0. The maximum atomic E-state index is 8.70. The average Bonchev–Trinajstić information content (AvgIpc) is 2.79. The van der Waals surface area contributed by atoms with E-state index in [9.17, 15) is 0 Å². The highest BCUT2D eigenvalue weighted by Gasteiger charge is 2.14. The van der Waals surface area contributed by atoms with E-state index in [2.05, 4.69) is 10.3 Å². The van der Waals surface area contributed by atoms with E-state index in [1.807, 2.05) is 23.9 Å². The summed E-state index contributed by atoms with van der Waals surface area (Å²) in [6.45, 7) is 0.986. The fraction of sp³-hybridized carbons (Fsp3) is 0.455. The molecule has 0 bridgehead atoms. The maximum Gasteiger partial charge on any atom is 0.142 e. The van der Waals surface area contributed by atoms with Gasteiger partial charge >= 0.3 is 0 Å². The van der Waals surface area contributed by atoms with Gasteiger partial charge in [-0.2, -0.15) is 17.0 Å². The summed E-state index contributed by atoms with van der Waals surface area (Å²) >= 11 is 2.03. The Labute approximate surface area is 93.9 Å². The molecule has 1 atom stereocenters. The van der Waals surface area contributed by atoms with Crippen LogP contribution in [0, 0.1) is 11.3 Å². The molecule has 15 heavy (non-hydrogen) atoms. The Morgan fingerprint density at radius 2 is 2.60 bits per heavy atom. The lowest BCUT2D eigenvalue weighted by Crippen LogP contribution is -2.13. The molecule has 1 saturated heterocycles. The molecule has 0 aliphatic carbocycles. The molecule has 0 saturated carbocycles. The Hall–Kier alpha value is -1.21. The van der Waals surface area contributed by atoms with Crippen LogP contribution in [0.25, 0.3) is 0 Å². The SMILES string of the molecule is N#Cc1cc(NCC2CCCS2)ccn1. The van der Waals surface area contributed by atoms with Crippen molar-refractivity contribution in [3.63, 3.8) is 0 Å². The van der Waals surface area contributed by atoms with Gasteiger partial charge in [0.25, 0.3) is 0 Å². The van der Waals surface area contributed by atoms with Crippen LogP contribution in [0.1, 0.15) is 18.5 Å². The second kappa shape index (κ2) is 5.04. The third-order valence-electron chi connectivity index (χ3n) is 2.43. The van der Waals surface area contributed by atoms with Gasteiger partial charge in [-0.15, -0.1) is 0 Å². The summed E-state index contributed by atoms with van der Waals surface area (Å²) in [5.74, 6) is 1.28. The molecule has 1 aromatic rings. The normalized spacial score (nSPS) is 19.8. The lowest BCUT2D eigenvalue weighted by Gasteiger charge is -2.10. The van der Waals surface area contributed by atoms with Crippen molar-refractivity contribution in [3.05, 3.63) is 24.0 Å². The molecule has 1 aromatic heterocycles. The first-order valence-electron chi connectivity index (χ1n) is 5.10.